The summed E-state index contributed by atoms with van der Waals surface area (Å²) >= 11 is 2.08. The lowest BCUT2D eigenvalue weighted by Gasteiger charge is -2.22. The van der Waals surface area contributed by atoms with Gasteiger partial charge in [0, 0.05) is 22.0 Å². The summed E-state index contributed by atoms with van der Waals surface area (Å²) in [5.74, 6) is -1.36. The van der Waals surface area contributed by atoms with Gasteiger partial charge in [-0.05, 0) is 53.8 Å². The summed E-state index contributed by atoms with van der Waals surface area (Å²) in [6.07, 6.45) is -9.32. The van der Waals surface area contributed by atoms with Gasteiger partial charge in [-0.1, -0.05) is 0 Å². The van der Waals surface area contributed by atoms with E-state index < -0.39 is 30.4 Å². The third-order valence-electron chi connectivity index (χ3n) is 3.11. The Balaban J connectivity index is 2.43. The summed E-state index contributed by atoms with van der Waals surface area (Å²) in [5, 5.41) is 0. The zero-order chi connectivity index (χ0) is 19.5. The zero-order valence-corrected chi connectivity index (χ0v) is 15.4. The number of hydrogen-bond donors (Lipinski definition) is 0. The van der Waals surface area contributed by atoms with Crippen LogP contribution in [0.3, 0.4) is 0 Å². The highest BCUT2D eigenvalue weighted by molar-refractivity contribution is 14.1. The molecule has 0 fully saturated rings. The van der Waals surface area contributed by atoms with Crippen molar-refractivity contribution < 1.29 is 31.1 Å². The molecule has 11 heteroatoms. The second-order valence-corrected chi connectivity index (χ2v) is 6.26. The summed E-state index contributed by atoms with van der Waals surface area (Å²) in [6, 6.07) is 6.93. The third-order valence-corrected chi connectivity index (χ3v) is 3.83. The molecule has 0 aliphatic rings. The molecule has 1 aromatic carbocycles. The van der Waals surface area contributed by atoms with E-state index in [2.05, 4.69) is 37.3 Å². The molecule has 0 N–H and O–H groups in total. The minimum absolute atomic E-state index is 0.195. The quantitative estimate of drug-likeness (QED) is 0.426. The van der Waals surface area contributed by atoms with Crippen LogP contribution in [0.4, 0.5) is 38.0 Å². The standard InChI is InChI=1S/C15H12F6IN3O/c1-2-25(10-5-3-9(22)4-6-10)13-23-7-11(15(19,20)21)12(24-13)26-8-14(16,17)18/h3-7H,2,8H2,1H3. The normalized spacial score (nSPS) is 12.2. The van der Waals surface area contributed by atoms with Crippen LogP contribution in [0.1, 0.15) is 12.5 Å². The van der Waals surface area contributed by atoms with Crippen molar-refractivity contribution in [2.45, 2.75) is 19.3 Å². The van der Waals surface area contributed by atoms with Gasteiger partial charge in [0.05, 0.1) is 0 Å². The Labute approximate surface area is 158 Å². The lowest BCUT2D eigenvalue weighted by Crippen LogP contribution is -2.24. The molecule has 1 aromatic heterocycles. The minimum atomic E-state index is -4.95. The maximum atomic E-state index is 13.0. The average molecular weight is 491 g/mol. The SMILES string of the molecule is CCN(c1ccc(I)cc1)c1ncc(C(F)(F)F)c(OCC(F)(F)F)n1. The summed E-state index contributed by atoms with van der Waals surface area (Å²) < 4.78 is 81.2. The van der Waals surface area contributed by atoms with Crippen LogP contribution >= 0.6 is 22.6 Å². The van der Waals surface area contributed by atoms with Crippen molar-refractivity contribution in [2.24, 2.45) is 0 Å². The van der Waals surface area contributed by atoms with E-state index >= 15 is 0 Å². The van der Waals surface area contributed by atoms with E-state index in [0.29, 0.717) is 11.9 Å². The zero-order valence-electron chi connectivity index (χ0n) is 13.2. The molecule has 0 saturated carbocycles. The summed E-state index contributed by atoms with van der Waals surface area (Å²) in [4.78, 5) is 8.69. The number of nitrogens with zero attached hydrogens (tertiary/aromatic N) is 3. The van der Waals surface area contributed by atoms with Gasteiger partial charge in [0.1, 0.15) is 5.56 Å². The number of halogens is 7. The molecular weight excluding hydrogens is 479 g/mol. The first-order valence-corrected chi connectivity index (χ1v) is 8.26. The Bertz CT molecular complexity index is 749. The van der Waals surface area contributed by atoms with Crippen LogP contribution in [-0.4, -0.2) is 29.3 Å². The predicted octanol–water partition coefficient (Wildman–Crippen LogP) is 5.20. The Morgan fingerprint density at radius 1 is 1.08 bits per heavy atom. The van der Waals surface area contributed by atoms with Crippen molar-refractivity contribution in [3.8, 4) is 5.88 Å². The molecule has 4 nitrogen and oxygen atoms in total. The van der Waals surface area contributed by atoms with E-state index in [1.807, 2.05) is 0 Å². The maximum Gasteiger partial charge on any atom is 0.423 e. The monoisotopic (exact) mass is 491 g/mol. The maximum absolute atomic E-state index is 13.0. The first kappa shape index (κ1) is 20.5. The number of aromatic nitrogens is 2. The molecule has 0 aliphatic heterocycles. The van der Waals surface area contributed by atoms with E-state index in [1.54, 1.807) is 31.2 Å². The number of alkyl halides is 6. The first-order chi connectivity index (χ1) is 12.0. The van der Waals surface area contributed by atoms with Crippen molar-refractivity contribution in [1.29, 1.82) is 0 Å². The lowest BCUT2D eigenvalue weighted by atomic mass is 10.3. The van der Waals surface area contributed by atoms with Gasteiger partial charge in [0.15, 0.2) is 6.61 Å². The van der Waals surface area contributed by atoms with E-state index in [4.69, 9.17) is 0 Å². The van der Waals surface area contributed by atoms with Gasteiger partial charge in [0.2, 0.25) is 11.8 Å². The fourth-order valence-corrected chi connectivity index (χ4v) is 2.36. The van der Waals surface area contributed by atoms with Gasteiger partial charge in [-0.15, -0.1) is 0 Å². The van der Waals surface area contributed by atoms with Crippen molar-refractivity contribution in [2.75, 3.05) is 18.1 Å². The van der Waals surface area contributed by atoms with Crippen LogP contribution in [0, 0.1) is 3.57 Å². The minimum Gasteiger partial charge on any atom is -0.467 e. The lowest BCUT2D eigenvalue weighted by molar-refractivity contribution is -0.159. The molecule has 0 unspecified atom stereocenters. The molecule has 0 aliphatic carbocycles. The van der Waals surface area contributed by atoms with Gasteiger partial charge in [0.25, 0.3) is 0 Å². The number of ether oxygens (including phenoxy) is 1. The van der Waals surface area contributed by atoms with Crippen molar-refractivity contribution in [1.82, 2.24) is 9.97 Å². The molecule has 0 atom stereocenters. The molecule has 0 amide bonds. The van der Waals surface area contributed by atoms with Gasteiger partial charge in [-0.3, -0.25) is 0 Å². The molecule has 1 heterocycles. The van der Waals surface area contributed by atoms with Crippen LogP contribution < -0.4 is 9.64 Å². The molecule has 26 heavy (non-hydrogen) atoms. The second kappa shape index (κ2) is 7.84. The van der Waals surface area contributed by atoms with Crippen molar-refractivity contribution in [3.05, 3.63) is 39.6 Å². The molecule has 0 spiro atoms. The smallest absolute Gasteiger partial charge is 0.423 e. The second-order valence-electron chi connectivity index (χ2n) is 5.01. The van der Waals surface area contributed by atoms with Gasteiger partial charge in [-0.25, -0.2) is 4.98 Å². The topological polar surface area (TPSA) is 38.2 Å². The van der Waals surface area contributed by atoms with Crippen LogP contribution in [0.25, 0.3) is 0 Å². The Kier molecular flexibility index (Phi) is 6.19. The highest BCUT2D eigenvalue weighted by Crippen LogP contribution is 2.36. The van der Waals surface area contributed by atoms with Gasteiger partial charge in [-0.2, -0.15) is 31.3 Å². The Hall–Kier alpha value is -1.79. The van der Waals surface area contributed by atoms with Crippen LogP contribution in [0.15, 0.2) is 30.5 Å². The van der Waals surface area contributed by atoms with Crippen molar-refractivity contribution in [3.63, 3.8) is 0 Å². The van der Waals surface area contributed by atoms with Crippen LogP contribution in [0.2, 0.25) is 0 Å². The molecule has 2 rings (SSSR count). The molecular formula is C15H12F6IN3O. The fourth-order valence-electron chi connectivity index (χ4n) is 2.00. The Morgan fingerprint density at radius 3 is 2.19 bits per heavy atom. The Morgan fingerprint density at radius 2 is 1.69 bits per heavy atom. The molecule has 0 radical (unpaired) electrons. The summed E-state index contributed by atoms with van der Waals surface area (Å²) in [6.45, 7) is 0.0993. The highest BCUT2D eigenvalue weighted by atomic mass is 127. The fraction of sp³-hybridized carbons (Fsp3) is 0.333. The van der Waals surface area contributed by atoms with Crippen LogP contribution in [0.5, 0.6) is 5.88 Å². The summed E-state index contributed by atoms with van der Waals surface area (Å²) in [7, 11) is 0. The van der Waals surface area contributed by atoms with Gasteiger partial charge < -0.3 is 9.64 Å². The first-order valence-electron chi connectivity index (χ1n) is 7.18. The largest absolute Gasteiger partial charge is 0.467 e. The summed E-state index contributed by atoms with van der Waals surface area (Å²) in [5.41, 5.74) is -0.890. The van der Waals surface area contributed by atoms with E-state index in [-0.39, 0.29) is 12.5 Å². The highest BCUT2D eigenvalue weighted by Gasteiger charge is 2.38. The molecule has 2 aromatic rings. The predicted molar refractivity (Wildman–Crippen MR) is 90.4 cm³/mol. The van der Waals surface area contributed by atoms with E-state index in [9.17, 15) is 26.3 Å². The molecule has 142 valence electrons. The molecule has 0 saturated heterocycles. The molecule has 0 bridgehead atoms. The number of hydrogen-bond acceptors (Lipinski definition) is 4. The third kappa shape index (κ3) is 5.35. The number of benzene rings is 1. The van der Waals surface area contributed by atoms with E-state index in [1.165, 1.54) is 4.90 Å². The number of rotatable bonds is 5. The van der Waals surface area contributed by atoms with Crippen molar-refractivity contribution >= 4 is 34.2 Å². The van der Waals surface area contributed by atoms with E-state index in [0.717, 1.165) is 3.57 Å². The number of anilines is 2. The average Bonchev–Trinajstić information content (AvgIpc) is 2.54. The van der Waals surface area contributed by atoms with Crippen LogP contribution in [-0.2, 0) is 6.18 Å². The van der Waals surface area contributed by atoms with Gasteiger partial charge >= 0.3 is 12.4 Å².